The molecule has 0 spiro atoms. The number of carbonyl (C=O) groups is 2. The first kappa shape index (κ1) is 19.0. The normalized spacial score (nSPS) is 26.8. The number of rotatable bonds is 4. The zero-order chi connectivity index (χ0) is 20.0. The van der Waals surface area contributed by atoms with Crippen LogP contribution in [0, 0.1) is 26.9 Å². The molecule has 2 atom stereocenters. The van der Waals surface area contributed by atoms with Crippen molar-refractivity contribution in [3.8, 4) is 0 Å². The van der Waals surface area contributed by atoms with Gasteiger partial charge in [0.05, 0.1) is 17.6 Å². The molecule has 2 bridgehead atoms. The number of benzene rings is 1. The number of amides is 1. The Bertz CT molecular complexity index is 861. The Balaban J connectivity index is 1.86. The monoisotopic (exact) mass is 373 g/mol. The molecule has 0 saturated heterocycles. The molecule has 0 aromatic heterocycles. The number of fused-ring (bicyclic) bond motifs is 2. The maximum Gasteiger partial charge on any atom is 0.338 e. The lowest BCUT2D eigenvalue weighted by Crippen LogP contribution is -2.34. The number of hydrazone groups is 1. The predicted octanol–water partition coefficient (Wildman–Crippen LogP) is 3.31. The Morgan fingerprint density at radius 1 is 1.26 bits per heavy atom. The summed E-state index contributed by atoms with van der Waals surface area (Å²) >= 11 is 0. The van der Waals surface area contributed by atoms with Crippen LogP contribution >= 0.6 is 0 Å². The molecule has 144 valence electrons. The van der Waals surface area contributed by atoms with Gasteiger partial charge in [0.15, 0.2) is 0 Å². The molecule has 1 amide bonds. The van der Waals surface area contributed by atoms with Gasteiger partial charge in [0.2, 0.25) is 0 Å². The van der Waals surface area contributed by atoms with Crippen molar-refractivity contribution in [2.45, 2.75) is 40.0 Å². The topological polar surface area (TPSA) is 111 Å². The molecule has 2 aliphatic carbocycles. The molecule has 2 fully saturated rings. The highest BCUT2D eigenvalue weighted by Gasteiger charge is 2.60. The van der Waals surface area contributed by atoms with E-state index in [0.717, 1.165) is 37.1 Å². The average molecular weight is 373 g/mol. The molecular weight excluding hydrogens is 350 g/mol. The van der Waals surface area contributed by atoms with E-state index in [2.05, 4.69) is 36.0 Å². The third-order valence-electron chi connectivity index (χ3n) is 6.62. The predicted molar refractivity (Wildman–Crippen MR) is 98.6 cm³/mol. The van der Waals surface area contributed by atoms with Crippen molar-refractivity contribution in [2.24, 2.45) is 21.8 Å². The van der Waals surface area contributed by atoms with Crippen molar-refractivity contribution < 1.29 is 19.2 Å². The number of hydrogen-bond donors (Lipinski definition) is 1. The zero-order valence-electron chi connectivity index (χ0n) is 15.9. The Hall–Kier alpha value is -2.77. The van der Waals surface area contributed by atoms with E-state index in [9.17, 15) is 19.7 Å². The van der Waals surface area contributed by atoms with Gasteiger partial charge in [-0.25, -0.2) is 10.2 Å². The largest absolute Gasteiger partial charge is 0.465 e. The van der Waals surface area contributed by atoms with Gasteiger partial charge in [-0.1, -0.05) is 20.8 Å². The second-order valence-corrected chi connectivity index (χ2v) is 8.01. The average Bonchev–Trinajstić information content (AvgIpc) is 2.98. The molecule has 27 heavy (non-hydrogen) atoms. The first-order valence-corrected chi connectivity index (χ1v) is 8.85. The smallest absolute Gasteiger partial charge is 0.338 e. The standard InChI is InChI=1S/C19H23N3O5/c1-18(2)13-5-6-19(18,3)15(10-13)20-21-16(23)11-7-12(17(24)27-4)9-14(8-11)22(25)26/h7-9,13H,5-6,10H2,1-4H3,(H,21,23)/b20-15-/t13-,19+/m0/s1. The summed E-state index contributed by atoms with van der Waals surface area (Å²) in [6, 6.07) is 3.46. The summed E-state index contributed by atoms with van der Waals surface area (Å²) in [5.74, 6) is -0.802. The van der Waals surface area contributed by atoms with Gasteiger partial charge >= 0.3 is 5.97 Å². The molecule has 1 N–H and O–H groups in total. The maximum atomic E-state index is 12.5. The van der Waals surface area contributed by atoms with Crippen LogP contribution in [-0.4, -0.2) is 29.6 Å². The Kier molecular flexibility index (Phi) is 4.53. The highest BCUT2D eigenvalue weighted by atomic mass is 16.6. The van der Waals surface area contributed by atoms with Gasteiger partial charge in [0.1, 0.15) is 0 Å². The molecule has 1 aromatic carbocycles. The van der Waals surface area contributed by atoms with Crippen molar-refractivity contribution in [2.75, 3.05) is 7.11 Å². The van der Waals surface area contributed by atoms with Crippen LogP contribution in [0.25, 0.3) is 0 Å². The van der Waals surface area contributed by atoms with Crippen LogP contribution in [0.3, 0.4) is 0 Å². The van der Waals surface area contributed by atoms with Gasteiger partial charge in [0.25, 0.3) is 11.6 Å². The number of methoxy groups -OCH3 is 1. The van der Waals surface area contributed by atoms with E-state index >= 15 is 0 Å². The van der Waals surface area contributed by atoms with Gasteiger partial charge in [-0.3, -0.25) is 14.9 Å². The number of nitrogens with zero attached hydrogens (tertiary/aromatic N) is 2. The summed E-state index contributed by atoms with van der Waals surface area (Å²) in [4.78, 5) is 34.7. The second-order valence-electron chi connectivity index (χ2n) is 8.01. The number of carbonyl (C=O) groups excluding carboxylic acids is 2. The summed E-state index contributed by atoms with van der Waals surface area (Å²) < 4.78 is 4.60. The molecule has 0 radical (unpaired) electrons. The quantitative estimate of drug-likeness (QED) is 0.494. The van der Waals surface area contributed by atoms with Crippen molar-refractivity contribution in [3.05, 3.63) is 39.4 Å². The van der Waals surface area contributed by atoms with Crippen LogP contribution in [0.15, 0.2) is 23.3 Å². The van der Waals surface area contributed by atoms with Crippen LogP contribution in [0.4, 0.5) is 5.69 Å². The van der Waals surface area contributed by atoms with Gasteiger partial charge in [-0.05, 0) is 36.7 Å². The number of non-ortho nitro benzene ring substituents is 1. The fraction of sp³-hybridized carbons (Fsp3) is 0.526. The molecule has 0 heterocycles. The van der Waals surface area contributed by atoms with E-state index in [1.165, 1.54) is 13.2 Å². The minimum absolute atomic E-state index is 0.0125. The summed E-state index contributed by atoms with van der Waals surface area (Å²) in [7, 11) is 1.17. The molecule has 3 rings (SSSR count). The SMILES string of the molecule is COC(=O)c1cc(C(=O)N/N=C2/C[C@@H]3CC[C@@]2(C)C3(C)C)cc([N+](=O)[O-])c1. The molecule has 2 aliphatic rings. The number of esters is 1. The zero-order valence-corrected chi connectivity index (χ0v) is 15.9. The first-order valence-electron chi connectivity index (χ1n) is 8.85. The Morgan fingerprint density at radius 2 is 1.93 bits per heavy atom. The Labute approximate surface area is 157 Å². The molecular formula is C19H23N3O5. The lowest BCUT2D eigenvalue weighted by atomic mass is 9.70. The van der Waals surface area contributed by atoms with Crippen LogP contribution in [0.1, 0.15) is 60.7 Å². The third kappa shape index (κ3) is 2.98. The Morgan fingerprint density at radius 3 is 2.44 bits per heavy atom. The number of hydrogen-bond acceptors (Lipinski definition) is 6. The molecule has 8 heteroatoms. The summed E-state index contributed by atoms with van der Waals surface area (Å²) in [5, 5.41) is 15.5. The number of ether oxygens (including phenoxy) is 1. The molecule has 1 aromatic rings. The number of nitrogens with one attached hydrogen (secondary N) is 1. The van der Waals surface area contributed by atoms with E-state index in [1.807, 2.05) is 0 Å². The fourth-order valence-electron chi connectivity index (χ4n) is 4.36. The summed E-state index contributed by atoms with van der Waals surface area (Å²) in [5.41, 5.74) is 3.10. The van der Waals surface area contributed by atoms with E-state index in [0.29, 0.717) is 5.92 Å². The fourth-order valence-corrected chi connectivity index (χ4v) is 4.36. The maximum absolute atomic E-state index is 12.5. The third-order valence-corrected chi connectivity index (χ3v) is 6.62. The minimum atomic E-state index is -0.749. The van der Waals surface area contributed by atoms with Gasteiger partial charge < -0.3 is 4.74 Å². The van der Waals surface area contributed by atoms with Crippen LogP contribution in [0.5, 0.6) is 0 Å². The molecule has 8 nitrogen and oxygen atoms in total. The molecule has 2 saturated carbocycles. The second kappa shape index (κ2) is 6.44. The molecule has 0 aliphatic heterocycles. The van der Waals surface area contributed by atoms with E-state index in [-0.39, 0.29) is 27.6 Å². The van der Waals surface area contributed by atoms with Gasteiger partial charge in [-0.2, -0.15) is 5.10 Å². The van der Waals surface area contributed by atoms with Crippen molar-refractivity contribution >= 4 is 23.3 Å². The molecule has 0 unspecified atom stereocenters. The van der Waals surface area contributed by atoms with Crippen molar-refractivity contribution in [3.63, 3.8) is 0 Å². The lowest BCUT2D eigenvalue weighted by Gasteiger charge is -2.34. The van der Waals surface area contributed by atoms with Gasteiger partial charge in [-0.15, -0.1) is 0 Å². The first-order chi connectivity index (χ1) is 12.6. The van der Waals surface area contributed by atoms with Gasteiger partial charge in [0, 0.05) is 28.8 Å². The van der Waals surface area contributed by atoms with Crippen LogP contribution < -0.4 is 5.43 Å². The summed E-state index contributed by atoms with van der Waals surface area (Å²) in [6.07, 6.45) is 3.03. The van der Waals surface area contributed by atoms with E-state index in [4.69, 9.17) is 0 Å². The summed E-state index contributed by atoms with van der Waals surface area (Å²) in [6.45, 7) is 6.64. The number of nitro groups is 1. The van der Waals surface area contributed by atoms with Crippen molar-refractivity contribution in [1.29, 1.82) is 0 Å². The van der Waals surface area contributed by atoms with Crippen LogP contribution in [0.2, 0.25) is 0 Å². The lowest BCUT2D eigenvalue weighted by molar-refractivity contribution is -0.384. The van der Waals surface area contributed by atoms with E-state index in [1.54, 1.807) is 0 Å². The number of nitro benzene ring substituents is 1. The van der Waals surface area contributed by atoms with E-state index < -0.39 is 16.8 Å². The van der Waals surface area contributed by atoms with Crippen molar-refractivity contribution in [1.82, 2.24) is 5.43 Å². The highest BCUT2D eigenvalue weighted by Crippen LogP contribution is 2.63. The highest BCUT2D eigenvalue weighted by molar-refractivity contribution is 6.00. The van der Waals surface area contributed by atoms with Crippen LogP contribution in [-0.2, 0) is 4.74 Å². The minimum Gasteiger partial charge on any atom is -0.465 e.